The highest BCUT2D eigenvalue weighted by atomic mass is 35.5. The number of methoxy groups -OCH3 is 1. The first kappa shape index (κ1) is 14.6. The summed E-state index contributed by atoms with van der Waals surface area (Å²) < 4.78 is 32.7. The third-order valence-corrected chi connectivity index (χ3v) is 3.10. The molecule has 0 aliphatic heterocycles. The number of rotatable bonds is 4. The highest BCUT2D eigenvalue weighted by Crippen LogP contribution is 2.31. The van der Waals surface area contributed by atoms with Gasteiger partial charge >= 0.3 is 0 Å². The number of aromatic nitrogens is 1. The predicted molar refractivity (Wildman–Crippen MR) is 71.3 cm³/mol. The van der Waals surface area contributed by atoms with E-state index >= 15 is 0 Å². The van der Waals surface area contributed by atoms with Crippen LogP contribution < -0.4 is 16.0 Å². The van der Waals surface area contributed by atoms with Gasteiger partial charge in [0.2, 0.25) is 0 Å². The van der Waals surface area contributed by atoms with E-state index in [1.54, 1.807) is 12.1 Å². The third-order valence-electron chi connectivity index (χ3n) is 2.81. The average Bonchev–Trinajstić information content (AvgIpc) is 2.45. The molecular weight excluding hydrogens is 288 g/mol. The first-order valence-corrected chi connectivity index (χ1v) is 6.05. The zero-order valence-corrected chi connectivity index (χ0v) is 11.3. The quantitative estimate of drug-likeness (QED) is 0.517. The Hall–Kier alpha value is -1.76. The summed E-state index contributed by atoms with van der Waals surface area (Å²) in [6.45, 7) is 0. The Kier molecular flexibility index (Phi) is 4.49. The lowest BCUT2D eigenvalue weighted by molar-refractivity contribution is 0.399. The molecule has 1 aromatic heterocycles. The number of nitrogens with one attached hydrogen (secondary N) is 1. The minimum Gasteiger partial charge on any atom is -0.495 e. The SMILES string of the molecule is COc1cccnc1C(NN)c1cc(F)c(Cl)cc1F. The summed E-state index contributed by atoms with van der Waals surface area (Å²) in [7, 11) is 1.45. The normalized spacial score (nSPS) is 12.2. The maximum absolute atomic E-state index is 14.0. The fourth-order valence-corrected chi connectivity index (χ4v) is 2.02. The van der Waals surface area contributed by atoms with Gasteiger partial charge in [-0.25, -0.2) is 14.2 Å². The molecule has 0 fully saturated rings. The summed E-state index contributed by atoms with van der Waals surface area (Å²) in [5.41, 5.74) is 2.74. The molecule has 0 aliphatic carbocycles. The van der Waals surface area contributed by atoms with Crippen LogP contribution in [0.15, 0.2) is 30.5 Å². The molecule has 0 aliphatic rings. The molecule has 0 saturated heterocycles. The van der Waals surface area contributed by atoms with Crippen LogP contribution in [-0.2, 0) is 0 Å². The summed E-state index contributed by atoms with van der Waals surface area (Å²) in [5, 5.41) is -0.296. The highest BCUT2D eigenvalue weighted by molar-refractivity contribution is 6.30. The van der Waals surface area contributed by atoms with E-state index in [1.165, 1.54) is 13.3 Å². The molecule has 1 unspecified atom stereocenters. The predicted octanol–water partition coefficient (Wildman–Crippen LogP) is 2.57. The molecule has 0 amide bonds. The number of benzene rings is 1. The van der Waals surface area contributed by atoms with Crippen molar-refractivity contribution in [2.24, 2.45) is 5.84 Å². The molecule has 106 valence electrons. The molecule has 4 nitrogen and oxygen atoms in total. The minimum absolute atomic E-state index is 0.00796. The van der Waals surface area contributed by atoms with Crippen molar-refractivity contribution in [3.8, 4) is 5.75 Å². The van der Waals surface area contributed by atoms with Gasteiger partial charge in [0.15, 0.2) is 0 Å². The van der Waals surface area contributed by atoms with Crippen molar-refractivity contribution in [2.75, 3.05) is 7.11 Å². The van der Waals surface area contributed by atoms with Gasteiger partial charge in [0.05, 0.1) is 18.2 Å². The first-order valence-electron chi connectivity index (χ1n) is 5.68. The molecule has 0 bridgehead atoms. The molecule has 3 N–H and O–H groups in total. The molecule has 20 heavy (non-hydrogen) atoms. The fourth-order valence-electron chi connectivity index (χ4n) is 1.87. The van der Waals surface area contributed by atoms with Gasteiger partial charge in [-0.15, -0.1) is 0 Å². The lowest BCUT2D eigenvalue weighted by Crippen LogP contribution is -2.30. The Morgan fingerprint density at radius 1 is 1.35 bits per heavy atom. The molecule has 1 heterocycles. The second-order valence-corrected chi connectivity index (χ2v) is 4.39. The van der Waals surface area contributed by atoms with Gasteiger partial charge in [-0.3, -0.25) is 10.8 Å². The van der Waals surface area contributed by atoms with Crippen molar-refractivity contribution in [1.82, 2.24) is 10.4 Å². The lowest BCUT2D eigenvalue weighted by atomic mass is 10.0. The fraction of sp³-hybridized carbons (Fsp3) is 0.154. The van der Waals surface area contributed by atoms with Gasteiger partial charge in [0.25, 0.3) is 0 Å². The number of nitrogens with two attached hydrogens (primary N) is 1. The zero-order chi connectivity index (χ0) is 14.7. The summed E-state index contributed by atoms with van der Waals surface area (Å²) in [6, 6.07) is 4.33. The Morgan fingerprint density at radius 3 is 2.75 bits per heavy atom. The second kappa shape index (κ2) is 6.13. The minimum atomic E-state index is -0.863. The topological polar surface area (TPSA) is 60.2 Å². The zero-order valence-electron chi connectivity index (χ0n) is 10.5. The molecular formula is C13H12ClF2N3O. The monoisotopic (exact) mass is 299 g/mol. The summed E-state index contributed by atoms with van der Waals surface area (Å²) >= 11 is 5.53. The van der Waals surface area contributed by atoms with Crippen molar-refractivity contribution in [2.45, 2.75) is 6.04 Å². The van der Waals surface area contributed by atoms with Gasteiger partial charge < -0.3 is 4.74 Å². The number of halogens is 3. The molecule has 2 rings (SSSR count). The first-order chi connectivity index (χ1) is 9.58. The highest BCUT2D eigenvalue weighted by Gasteiger charge is 2.23. The van der Waals surface area contributed by atoms with Crippen LogP contribution in [0.4, 0.5) is 8.78 Å². The number of hydrazine groups is 1. The third kappa shape index (κ3) is 2.72. The van der Waals surface area contributed by atoms with Crippen LogP contribution in [0, 0.1) is 11.6 Å². The van der Waals surface area contributed by atoms with Gasteiger partial charge in [-0.1, -0.05) is 11.6 Å². The largest absolute Gasteiger partial charge is 0.495 e. The average molecular weight is 300 g/mol. The van der Waals surface area contributed by atoms with Gasteiger partial charge in [0.1, 0.15) is 23.1 Å². The summed E-state index contributed by atoms with van der Waals surface area (Å²) in [5.74, 6) is 4.43. The van der Waals surface area contributed by atoms with Gasteiger partial charge in [0, 0.05) is 11.8 Å². The van der Waals surface area contributed by atoms with E-state index in [9.17, 15) is 8.78 Å². The number of pyridine rings is 1. The van der Waals surface area contributed by atoms with Crippen LogP contribution in [0.1, 0.15) is 17.3 Å². The Labute approximate surface area is 119 Å². The van der Waals surface area contributed by atoms with E-state index in [0.717, 1.165) is 12.1 Å². The van der Waals surface area contributed by atoms with Crippen LogP contribution in [-0.4, -0.2) is 12.1 Å². The van der Waals surface area contributed by atoms with E-state index in [4.69, 9.17) is 22.2 Å². The van der Waals surface area contributed by atoms with E-state index < -0.39 is 17.7 Å². The van der Waals surface area contributed by atoms with Crippen LogP contribution in [0.2, 0.25) is 5.02 Å². The van der Waals surface area contributed by atoms with Crippen LogP contribution in [0.5, 0.6) is 5.75 Å². The van der Waals surface area contributed by atoms with Crippen LogP contribution in [0.3, 0.4) is 0 Å². The van der Waals surface area contributed by atoms with Crippen molar-refractivity contribution < 1.29 is 13.5 Å². The van der Waals surface area contributed by atoms with Gasteiger partial charge in [-0.05, 0) is 24.3 Å². The molecule has 2 aromatic rings. The number of hydrogen-bond donors (Lipinski definition) is 2. The van der Waals surface area contributed by atoms with Crippen molar-refractivity contribution in [3.05, 3.63) is 58.4 Å². The number of hydrogen-bond acceptors (Lipinski definition) is 4. The van der Waals surface area contributed by atoms with E-state index in [1.807, 2.05) is 0 Å². The van der Waals surface area contributed by atoms with E-state index in [2.05, 4.69) is 10.4 Å². The number of nitrogens with zero attached hydrogens (tertiary/aromatic N) is 1. The summed E-state index contributed by atoms with van der Waals surface area (Å²) in [6.07, 6.45) is 1.51. The Balaban J connectivity index is 2.55. The van der Waals surface area contributed by atoms with Crippen molar-refractivity contribution in [1.29, 1.82) is 0 Å². The van der Waals surface area contributed by atoms with Crippen molar-refractivity contribution in [3.63, 3.8) is 0 Å². The van der Waals surface area contributed by atoms with Crippen molar-refractivity contribution >= 4 is 11.6 Å². The molecule has 0 radical (unpaired) electrons. The molecule has 0 spiro atoms. The molecule has 1 atom stereocenters. The Morgan fingerprint density at radius 2 is 2.10 bits per heavy atom. The maximum Gasteiger partial charge on any atom is 0.142 e. The standard InChI is InChI=1S/C13H12ClF2N3O/c1-20-11-3-2-4-18-13(11)12(19-17)7-5-10(16)8(14)6-9(7)15/h2-6,12,19H,17H2,1H3. The Bertz CT molecular complexity index is 625. The van der Waals surface area contributed by atoms with Gasteiger partial charge in [-0.2, -0.15) is 0 Å². The maximum atomic E-state index is 14.0. The second-order valence-electron chi connectivity index (χ2n) is 3.98. The van der Waals surface area contributed by atoms with E-state index in [0.29, 0.717) is 11.4 Å². The van der Waals surface area contributed by atoms with E-state index in [-0.39, 0.29) is 10.6 Å². The number of ether oxygens (including phenoxy) is 1. The van der Waals surface area contributed by atoms with Crippen LogP contribution in [0.25, 0.3) is 0 Å². The summed E-state index contributed by atoms with van der Waals surface area (Å²) in [4.78, 5) is 4.10. The van der Waals surface area contributed by atoms with Crippen LogP contribution >= 0.6 is 11.6 Å². The molecule has 1 aromatic carbocycles. The molecule has 7 heteroatoms. The molecule has 0 saturated carbocycles. The smallest absolute Gasteiger partial charge is 0.142 e. The lowest BCUT2D eigenvalue weighted by Gasteiger charge is -2.19.